The minimum atomic E-state index is -3.65. The molecule has 0 aliphatic carbocycles. The molecule has 170 valence electrons. The van der Waals surface area contributed by atoms with Crippen molar-refractivity contribution in [2.24, 2.45) is 0 Å². The second kappa shape index (κ2) is 9.41. The van der Waals surface area contributed by atoms with Crippen LogP contribution in [0.5, 0.6) is 11.5 Å². The van der Waals surface area contributed by atoms with Crippen molar-refractivity contribution in [1.29, 1.82) is 0 Å². The minimum Gasteiger partial charge on any atom is -0.493 e. The third kappa shape index (κ3) is 4.56. The lowest BCUT2D eigenvalue weighted by Gasteiger charge is -2.33. The van der Waals surface area contributed by atoms with Crippen LogP contribution in [-0.4, -0.2) is 78.2 Å². The van der Waals surface area contributed by atoms with Crippen LogP contribution in [0.3, 0.4) is 0 Å². The summed E-state index contributed by atoms with van der Waals surface area (Å²) in [5.41, 5.74) is 0.809. The Balaban J connectivity index is 1.43. The minimum absolute atomic E-state index is 0.176. The molecule has 1 aliphatic heterocycles. The number of piperazine rings is 1. The summed E-state index contributed by atoms with van der Waals surface area (Å²) in [6, 6.07) is 11.9. The summed E-state index contributed by atoms with van der Waals surface area (Å²) in [4.78, 5) is 2.30. The predicted octanol–water partition coefficient (Wildman–Crippen LogP) is 1.84. The molecule has 1 saturated heterocycles. The third-order valence-corrected chi connectivity index (χ3v) is 7.44. The zero-order valence-electron chi connectivity index (χ0n) is 17.7. The normalized spacial score (nSPS) is 15.6. The SMILES string of the molecule is COc1ccc(S(=O)(=O)N2CCN(Cc3nnnn3-c3ccc(Cl)cc3)CC2)cc1OC. The van der Waals surface area contributed by atoms with E-state index in [2.05, 4.69) is 20.4 Å². The Hall–Kier alpha value is -2.73. The fourth-order valence-corrected chi connectivity index (χ4v) is 5.11. The van der Waals surface area contributed by atoms with Crippen LogP contribution in [0.2, 0.25) is 5.02 Å². The van der Waals surface area contributed by atoms with E-state index in [4.69, 9.17) is 21.1 Å². The molecule has 0 radical (unpaired) electrons. The standard InChI is InChI=1S/C20H23ClN6O4S/c1-30-18-8-7-17(13-19(18)31-2)32(28,29)26-11-9-25(10-12-26)14-20-22-23-24-27(20)16-5-3-15(21)4-6-16/h3-8,13H,9-12,14H2,1-2H3. The van der Waals surface area contributed by atoms with Gasteiger partial charge in [0.05, 0.1) is 31.3 Å². The van der Waals surface area contributed by atoms with Gasteiger partial charge in [0.2, 0.25) is 10.0 Å². The molecule has 0 atom stereocenters. The molecule has 4 rings (SSSR count). The van der Waals surface area contributed by atoms with E-state index in [0.717, 1.165) is 5.69 Å². The molecule has 1 fully saturated rings. The Labute approximate surface area is 191 Å². The Morgan fingerprint density at radius 2 is 1.66 bits per heavy atom. The van der Waals surface area contributed by atoms with Gasteiger partial charge in [-0.05, 0) is 46.8 Å². The van der Waals surface area contributed by atoms with Gasteiger partial charge in [-0.1, -0.05) is 11.6 Å². The van der Waals surface area contributed by atoms with Crippen molar-refractivity contribution in [3.05, 3.63) is 53.3 Å². The highest BCUT2D eigenvalue weighted by Gasteiger charge is 2.30. The van der Waals surface area contributed by atoms with E-state index in [1.807, 2.05) is 12.1 Å². The van der Waals surface area contributed by atoms with Crippen LogP contribution in [0.15, 0.2) is 47.4 Å². The van der Waals surface area contributed by atoms with Crippen molar-refractivity contribution in [2.75, 3.05) is 40.4 Å². The van der Waals surface area contributed by atoms with E-state index < -0.39 is 10.0 Å². The first kappa shape index (κ1) is 22.5. The van der Waals surface area contributed by atoms with E-state index in [1.54, 1.807) is 22.9 Å². The van der Waals surface area contributed by atoms with Gasteiger partial charge in [0.1, 0.15) is 0 Å². The molecule has 10 nitrogen and oxygen atoms in total. The summed E-state index contributed by atoms with van der Waals surface area (Å²) < 4.78 is 39.8. The highest BCUT2D eigenvalue weighted by molar-refractivity contribution is 7.89. The molecular formula is C20H23ClN6O4S. The van der Waals surface area contributed by atoms with Crippen molar-refractivity contribution < 1.29 is 17.9 Å². The molecule has 0 saturated carbocycles. The van der Waals surface area contributed by atoms with Gasteiger partial charge in [-0.25, -0.2) is 8.42 Å². The highest BCUT2D eigenvalue weighted by Crippen LogP contribution is 2.31. The van der Waals surface area contributed by atoms with Gasteiger partial charge in [-0.15, -0.1) is 5.10 Å². The lowest BCUT2D eigenvalue weighted by molar-refractivity contribution is 0.177. The van der Waals surface area contributed by atoms with E-state index in [-0.39, 0.29) is 4.90 Å². The van der Waals surface area contributed by atoms with E-state index in [1.165, 1.54) is 30.7 Å². The average Bonchev–Trinajstić information content (AvgIpc) is 3.27. The summed E-state index contributed by atoms with van der Waals surface area (Å²) in [6.07, 6.45) is 0. The van der Waals surface area contributed by atoms with Crippen molar-refractivity contribution in [3.8, 4) is 17.2 Å². The molecule has 1 aromatic heterocycles. The molecule has 0 amide bonds. The van der Waals surface area contributed by atoms with Gasteiger partial charge >= 0.3 is 0 Å². The summed E-state index contributed by atoms with van der Waals surface area (Å²) in [6.45, 7) is 2.33. The maximum absolute atomic E-state index is 13.1. The number of methoxy groups -OCH3 is 2. The number of rotatable bonds is 7. The second-order valence-corrected chi connectivity index (χ2v) is 9.55. The molecule has 2 aromatic carbocycles. The van der Waals surface area contributed by atoms with Crippen LogP contribution in [0.4, 0.5) is 0 Å². The molecular weight excluding hydrogens is 456 g/mol. The maximum Gasteiger partial charge on any atom is 0.243 e. The van der Waals surface area contributed by atoms with Gasteiger partial charge < -0.3 is 9.47 Å². The lowest BCUT2D eigenvalue weighted by atomic mass is 10.3. The largest absolute Gasteiger partial charge is 0.493 e. The first-order valence-corrected chi connectivity index (χ1v) is 11.7. The number of hydrogen-bond donors (Lipinski definition) is 0. The number of hydrogen-bond acceptors (Lipinski definition) is 8. The van der Waals surface area contributed by atoms with Crippen molar-refractivity contribution in [2.45, 2.75) is 11.4 Å². The molecule has 12 heteroatoms. The first-order chi connectivity index (χ1) is 15.4. The second-order valence-electron chi connectivity index (χ2n) is 7.18. The zero-order chi connectivity index (χ0) is 22.7. The van der Waals surface area contributed by atoms with Crippen molar-refractivity contribution >= 4 is 21.6 Å². The van der Waals surface area contributed by atoms with Gasteiger partial charge in [0.15, 0.2) is 17.3 Å². The van der Waals surface area contributed by atoms with E-state index in [0.29, 0.717) is 55.1 Å². The quantitative estimate of drug-likeness (QED) is 0.507. The Morgan fingerprint density at radius 3 is 2.31 bits per heavy atom. The lowest BCUT2D eigenvalue weighted by Crippen LogP contribution is -2.48. The highest BCUT2D eigenvalue weighted by atomic mass is 35.5. The van der Waals surface area contributed by atoms with Gasteiger partial charge in [0, 0.05) is 37.3 Å². The van der Waals surface area contributed by atoms with Crippen molar-refractivity contribution in [3.63, 3.8) is 0 Å². The van der Waals surface area contributed by atoms with Gasteiger partial charge in [0.25, 0.3) is 0 Å². The molecule has 2 heterocycles. The van der Waals surface area contributed by atoms with Crippen LogP contribution < -0.4 is 9.47 Å². The van der Waals surface area contributed by atoms with Gasteiger partial charge in [-0.3, -0.25) is 4.90 Å². The molecule has 0 bridgehead atoms. The number of sulfonamides is 1. The molecule has 1 aliphatic rings. The summed E-state index contributed by atoms with van der Waals surface area (Å²) in [5, 5.41) is 12.6. The summed E-state index contributed by atoms with van der Waals surface area (Å²) in [5.74, 6) is 1.53. The number of tetrazole rings is 1. The van der Waals surface area contributed by atoms with Gasteiger partial charge in [-0.2, -0.15) is 8.99 Å². The number of nitrogens with zero attached hydrogens (tertiary/aromatic N) is 6. The Kier molecular flexibility index (Phi) is 6.60. The monoisotopic (exact) mass is 478 g/mol. The smallest absolute Gasteiger partial charge is 0.243 e. The van der Waals surface area contributed by atoms with Crippen LogP contribution in [0.1, 0.15) is 5.82 Å². The predicted molar refractivity (Wildman–Crippen MR) is 118 cm³/mol. The molecule has 3 aromatic rings. The number of ether oxygens (including phenoxy) is 2. The van der Waals surface area contributed by atoms with Crippen LogP contribution >= 0.6 is 11.6 Å². The first-order valence-electron chi connectivity index (χ1n) is 9.90. The molecule has 0 spiro atoms. The summed E-state index contributed by atoms with van der Waals surface area (Å²) in [7, 11) is -0.662. The van der Waals surface area contributed by atoms with Crippen LogP contribution in [0, 0.1) is 0 Å². The molecule has 32 heavy (non-hydrogen) atoms. The van der Waals surface area contributed by atoms with Crippen LogP contribution in [0.25, 0.3) is 5.69 Å². The fraction of sp³-hybridized carbons (Fsp3) is 0.350. The molecule has 0 unspecified atom stereocenters. The number of benzene rings is 2. The van der Waals surface area contributed by atoms with Crippen LogP contribution in [-0.2, 0) is 16.6 Å². The third-order valence-electron chi connectivity index (χ3n) is 5.29. The van der Waals surface area contributed by atoms with E-state index in [9.17, 15) is 8.42 Å². The maximum atomic E-state index is 13.1. The Bertz CT molecular complexity index is 1180. The fourth-order valence-electron chi connectivity index (χ4n) is 3.54. The van der Waals surface area contributed by atoms with Crippen molar-refractivity contribution in [1.82, 2.24) is 29.4 Å². The van der Waals surface area contributed by atoms with E-state index >= 15 is 0 Å². The molecule has 0 N–H and O–H groups in total. The number of halogens is 1. The average molecular weight is 479 g/mol. The topological polar surface area (TPSA) is 103 Å². The summed E-state index contributed by atoms with van der Waals surface area (Å²) >= 11 is 5.96. The Morgan fingerprint density at radius 1 is 0.969 bits per heavy atom. The number of aromatic nitrogens is 4. The zero-order valence-corrected chi connectivity index (χ0v) is 19.3.